The molecule has 3 rings (SSSR count). The number of carbonyl (C=O) groups excluding carboxylic acids is 1. The van der Waals surface area contributed by atoms with Crippen molar-refractivity contribution in [2.45, 2.75) is 31.3 Å². The molecule has 0 fully saturated rings. The molecule has 0 aliphatic heterocycles. The van der Waals surface area contributed by atoms with E-state index in [9.17, 15) is 4.79 Å². The SMILES string of the molecule is O=C(C#CCCOC(c1ccccc1)(c1ccccc1)c1ccccc1)CCCCO. The van der Waals surface area contributed by atoms with Crippen molar-refractivity contribution in [1.82, 2.24) is 0 Å². The minimum atomic E-state index is -0.767. The zero-order valence-electron chi connectivity index (χ0n) is 17.7. The molecule has 0 saturated heterocycles. The van der Waals surface area contributed by atoms with Gasteiger partial charge < -0.3 is 9.84 Å². The molecular weight excluding hydrogens is 384 g/mol. The van der Waals surface area contributed by atoms with Crippen molar-refractivity contribution >= 4 is 5.78 Å². The van der Waals surface area contributed by atoms with Crippen molar-refractivity contribution in [3.05, 3.63) is 108 Å². The van der Waals surface area contributed by atoms with Crippen LogP contribution in [0.5, 0.6) is 0 Å². The average molecular weight is 413 g/mol. The second kappa shape index (κ2) is 11.9. The number of rotatable bonds is 10. The van der Waals surface area contributed by atoms with Gasteiger partial charge in [0.05, 0.1) is 6.61 Å². The van der Waals surface area contributed by atoms with E-state index in [0.717, 1.165) is 16.7 Å². The summed E-state index contributed by atoms with van der Waals surface area (Å²) >= 11 is 0. The Balaban J connectivity index is 1.86. The topological polar surface area (TPSA) is 46.5 Å². The first-order chi connectivity index (χ1) is 15.3. The quantitative estimate of drug-likeness (QED) is 0.218. The molecule has 31 heavy (non-hydrogen) atoms. The largest absolute Gasteiger partial charge is 0.396 e. The fourth-order valence-electron chi connectivity index (χ4n) is 3.64. The highest BCUT2D eigenvalue weighted by Gasteiger charge is 2.37. The van der Waals surface area contributed by atoms with Crippen LogP contribution < -0.4 is 0 Å². The Morgan fingerprint density at radius 2 is 1.26 bits per heavy atom. The summed E-state index contributed by atoms with van der Waals surface area (Å²) in [4.78, 5) is 11.8. The standard InChI is InChI=1S/C28H28O3/c29-22-12-10-20-27(30)21-11-13-23-31-28(24-14-4-1-5-15-24,25-16-6-2-7-17-25)26-18-8-3-9-19-26/h1-9,14-19,29H,10,12-13,20,22-23H2. The van der Waals surface area contributed by atoms with Crippen LogP contribution in [0, 0.1) is 11.8 Å². The predicted octanol–water partition coefficient (Wildman–Crippen LogP) is 5.12. The minimum Gasteiger partial charge on any atom is -0.396 e. The Bertz CT molecular complexity index is 889. The Morgan fingerprint density at radius 1 is 0.774 bits per heavy atom. The molecule has 158 valence electrons. The Labute approximate surface area is 184 Å². The van der Waals surface area contributed by atoms with Gasteiger partial charge in [-0.05, 0) is 35.5 Å². The molecule has 3 aromatic rings. The molecule has 0 aliphatic rings. The maximum absolute atomic E-state index is 11.8. The van der Waals surface area contributed by atoms with Crippen molar-refractivity contribution in [3.63, 3.8) is 0 Å². The lowest BCUT2D eigenvalue weighted by Crippen LogP contribution is -2.33. The summed E-state index contributed by atoms with van der Waals surface area (Å²) < 4.78 is 6.62. The fourth-order valence-corrected chi connectivity index (χ4v) is 3.64. The molecule has 0 aromatic heterocycles. The van der Waals surface area contributed by atoms with Crippen LogP contribution in [0.15, 0.2) is 91.0 Å². The van der Waals surface area contributed by atoms with E-state index in [4.69, 9.17) is 9.84 Å². The average Bonchev–Trinajstić information content (AvgIpc) is 2.83. The Kier molecular flexibility index (Phi) is 8.60. The van der Waals surface area contributed by atoms with Gasteiger partial charge in [0, 0.05) is 19.4 Å². The van der Waals surface area contributed by atoms with E-state index in [0.29, 0.717) is 32.3 Å². The summed E-state index contributed by atoms with van der Waals surface area (Å²) in [5.41, 5.74) is 2.36. The first-order valence-electron chi connectivity index (χ1n) is 10.7. The fraction of sp³-hybridized carbons (Fsp3) is 0.250. The zero-order chi connectivity index (χ0) is 21.8. The second-order valence-corrected chi connectivity index (χ2v) is 7.28. The van der Waals surface area contributed by atoms with Gasteiger partial charge in [0.15, 0.2) is 0 Å². The van der Waals surface area contributed by atoms with Crippen LogP contribution in [0.1, 0.15) is 42.4 Å². The van der Waals surface area contributed by atoms with Gasteiger partial charge in [-0.15, -0.1) is 0 Å². The zero-order valence-corrected chi connectivity index (χ0v) is 17.7. The normalized spacial score (nSPS) is 10.9. The number of aliphatic hydroxyl groups excluding tert-OH is 1. The number of carbonyl (C=O) groups is 1. The number of benzene rings is 3. The lowest BCUT2D eigenvalue weighted by Gasteiger charge is -2.35. The van der Waals surface area contributed by atoms with Crippen LogP contribution >= 0.6 is 0 Å². The van der Waals surface area contributed by atoms with E-state index in [1.807, 2.05) is 54.6 Å². The molecular formula is C28H28O3. The minimum absolute atomic E-state index is 0.0890. The van der Waals surface area contributed by atoms with Gasteiger partial charge in [0.1, 0.15) is 5.60 Å². The number of hydrogen-bond acceptors (Lipinski definition) is 3. The van der Waals surface area contributed by atoms with Gasteiger partial charge >= 0.3 is 0 Å². The van der Waals surface area contributed by atoms with Crippen molar-refractivity contribution in [2.75, 3.05) is 13.2 Å². The molecule has 3 aromatic carbocycles. The van der Waals surface area contributed by atoms with Gasteiger partial charge in [0.25, 0.3) is 0 Å². The van der Waals surface area contributed by atoms with E-state index in [2.05, 4.69) is 48.2 Å². The molecule has 0 radical (unpaired) electrons. The number of hydrogen-bond donors (Lipinski definition) is 1. The Morgan fingerprint density at radius 3 is 1.71 bits per heavy atom. The van der Waals surface area contributed by atoms with Crippen molar-refractivity contribution < 1.29 is 14.6 Å². The number of aliphatic hydroxyl groups is 1. The van der Waals surface area contributed by atoms with Crippen LogP contribution in [-0.2, 0) is 15.1 Å². The van der Waals surface area contributed by atoms with E-state index in [-0.39, 0.29) is 12.4 Å². The van der Waals surface area contributed by atoms with Crippen molar-refractivity contribution in [1.29, 1.82) is 0 Å². The van der Waals surface area contributed by atoms with Crippen LogP contribution in [-0.4, -0.2) is 24.1 Å². The summed E-state index contributed by atoms with van der Waals surface area (Å²) in [6, 6.07) is 30.6. The molecule has 0 bridgehead atoms. The lowest BCUT2D eigenvalue weighted by atomic mass is 9.80. The van der Waals surface area contributed by atoms with E-state index in [1.54, 1.807) is 0 Å². The number of Topliss-reactive ketones (excluding diaryl/α,β-unsaturated/α-hetero) is 1. The van der Waals surface area contributed by atoms with Gasteiger partial charge in [-0.3, -0.25) is 4.79 Å². The third-order valence-electron chi connectivity index (χ3n) is 5.13. The number of ether oxygens (including phenoxy) is 1. The third kappa shape index (κ3) is 5.92. The van der Waals surface area contributed by atoms with Crippen LogP contribution in [0.2, 0.25) is 0 Å². The lowest BCUT2D eigenvalue weighted by molar-refractivity contribution is -0.113. The van der Waals surface area contributed by atoms with Gasteiger partial charge in [-0.2, -0.15) is 0 Å². The van der Waals surface area contributed by atoms with Crippen LogP contribution in [0.25, 0.3) is 0 Å². The molecule has 3 heteroatoms. The summed E-state index contributed by atoms with van der Waals surface area (Å²) in [6.07, 6.45) is 2.14. The van der Waals surface area contributed by atoms with E-state index >= 15 is 0 Å². The maximum Gasteiger partial charge on any atom is 0.205 e. The first-order valence-corrected chi connectivity index (χ1v) is 10.7. The predicted molar refractivity (Wildman–Crippen MR) is 123 cm³/mol. The summed E-state index contributed by atoms with van der Waals surface area (Å²) in [5.74, 6) is 5.56. The molecule has 3 nitrogen and oxygen atoms in total. The third-order valence-corrected chi connectivity index (χ3v) is 5.13. The van der Waals surface area contributed by atoms with Crippen molar-refractivity contribution in [2.24, 2.45) is 0 Å². The number of unbranched alkanes of at least 4 members (excludes halogenated alkanes) is 1. The van der Waals surface area contributed by atoms with Gasteiger partial charge in [-0.25, -0.2) is 0 Å². The molecule has 1 N–H and O–H groups in total. The molecule has 0 unspecified atom stereocenters. The monoisotopic (exact) mass is 412 g/mol. The second-order valence-electron chi connectivity index (χ2n) is 7.28. The molecule has 0 aliphatic carbocycles. The molecule has 0 saturated carbocycles. The molecule has 0 heterocycles. The summed E-state index contributed by atoms with van der Waals surface area (Å²) in [5, 5.41) is 8.82. The summed E-state index contributed by atoms with van der Waals surface area (Å²) in [6.45, 7) is 0.491. The highest BCUT2D eigenvalue weighted by Crippen LogP contribution is 2.40. The smallest absolute Gasteiger partial charge is 0.205 e. The molecule has 0 spiro atoms. The van der Waals surface area contributed by atoms with Crippen LogP contribution in [0.3, 0.4) is 0 Å². The van der Waals surface area contributed by atoms with Crippen LogP contribution in [0.4, 0.5) is 0 Å². The number of ketones is 1. The highest BCUT2D eigenvalue weighted by atomic mass is 16.5. The van der Waals surface area contributed by atoms with E-state index < -0.39 is 5.60 Å². The Hall–Kier alpha value is -3.19. The van der Waals surface area contributed by atoms with Gasteiger partial charge in [0.2, 0.25) is 5.78 Å². The highest BCUT2D eigenvalue weighted by molar-refractivity contribution is 5.95. The van der Waals surface area contributed by atoms with Crippen molar-refractivity contribution in [3.8, 4) is 11.8 Å². The maximum atomic E-state index is 11.8. The molecule has 0 amide bonds. The first kappa shape index (κ1) is 22.5. The summed E-state index contributed by atoms with van der Waals surface area (Å²) in [7, 11) is 0. The molecule has 0 atom stereocenters. The van der Waals surface area contributed by atoms with Gasteiger partial charge in [-0.1, -0.05) is 96.9 Å². The van der Waals surface area contributed by atoms with E-state index in [1.165, 1.54) is 0 Å².